The van der Waals surface area contributed by atoms with E-state index in [0.717, 1.165) is 149 Å². The molecule has 488 valence electrons. The van der Waals surface area contributed by atoms with Crippen LogP contribution in [0.25, 0.3) is 0 Å². The standard InChI is InChI=1S/C40H71NO4.C35H63NO2.ClH/c1-29(2)19-16-20-30(3)21-17-22-31(4)23-18-25-40(11)26-24-35-34(7)36(32(5)33(6)37(35)45-40)44-28-15-13-12-14-27-41(38(42)43)39(8,9)10;1-26(2)16-13-17-27(3)18-14-19-28(4)20-15-22-35(8)23-21-32-31(7)33(29(5)30(6)34(32)38-35)37-25-12-10-9-11-24-36;/h29-31H,12-28H2,1-11H3,(H,42,43);26-28H,9-25,36H2,1-8H3;1H/t30-,31-,40-;27-,28-,35-;/m11./s1. The smallest absolute Gasteiger partial charge is 0.407 e. The van der Waals surface area contributed by atoms with Crippen LogP contribution in [0.15, 0.2) is 0 Å². The predicted molar refractivity (Wildman–Crippen MR) is 364 cm³/mol. The van der Waals surface area contributed by atoms with Crippen LogP contribution in [0.1, 0.15) is 314 Å². The fourth-order valence-corrected chi connectivity index (χ4v) is 13.3. The lowest BCUT2D eigenvalue weighted by Crippen LogP contribution is -2.45. The number of rotatable bonds is 39. The van der Waals surface area contributed by atoms with E-state index in [0.29, 0.717) is 13.2 Å². The van der Waals surface area contributed by atoms with Gasteiger partial charge < -0.3 is 34.7 Å². The van der Waals surface area contributed by atoms with Crippen LogP contribution in [0.3, 0.4) is 0 Å². The molecule has 2 aliphatic heterocycles. The monoisotopic (exact) mass is 1200 g/mol. The van der Waals surface area contributed by atoms with Crippen molar-refractivity contribution in [3.8, 4) is 23.0 Å². The summed E-state index contributed by atoms with van der Waals surface area (Å²) in [5.41, 5.74) is 15.3. The topological polar surface area (TPSA) is 103 Å². The quantitative estimate of drug-likeness (QED) is 0.0643. The van der Waals surface area contributed by atoms with Gasteiger partial charge in [0.05, 0.1) is 13.2 Å². The first-order valence-electron chi connectivity index (χ1n) is 34.7. The highest BCUT2D eigenvalue weighted by Crippen LogP contribution is 2.47. The summed E-state index contributed by atoms with van der Waals surface area (Å²) in [6.45, 7) is 45.7. The summed E-state index contributed by atoms with van der Waals surface area (Å²) in [7, 11) is 0. The Morgan fingerprint density at radius 1 is 0.500 bits per heavy atom. The lowest BCUT2D eigenvalue weighted by molar-refractivity contribution is 0.0508. The Morgan fingerprint density at radius 2 is 0.833 bits per heavy atom. The maximum Gasteiger partial charge on any atom is 0.407 e. The Bertz CT molecular complexity index is 2170. The molecule has 0 spiro atoms. The van der Waals surface area contributed by atoms with Gasteiger partial charge in [-0.1, -0.05) is 171 Å². The van der Waals surface area contributed by atoms with Crippen molar-refractivity contribution in [2.24, 2.45) is 41.2 Å². The number of unbranched alkanes of at least 4 members (excludes halogenated alkanes) is 6. The molecule has 4 rings (SSSR count). The van der Waals surface area contributed by atoms with Gasteiger partial charge in [-0.3, -0.25) is 0 Å². The van der Waals surface area contributed by atoms with Crippen LogP contribution in [0, 0.1) is 77.0 Å². The van der Waals surface area contributed by atoms with Crippen LogP contribution in [-0.4, -0.2) is 59.1 Å². The number of hydrogen-bond acceptors (Lipinski definition) is 6. The maximum absolute atomic E-state index is 11.6. The van der Waals surface area contributed by atoms with Crippen LogP contribution >= 0.6 is 12.4 Å². The average Bonchev–Trinajstić information content (AvgIpc) is 1.57. The molecule has 0 saturated heterocycles. The first-order chi connectivity index (χ1) is 39.1. The predicted octanol–water partition coefficient (Wildman–Crippen LogP) is 22.3. The molecule has 0 fully saturated rings. The molecule has 0 bridgehead atoms. The molecular weight excluding hydrogens is 1060 g/mol. The highest BCUT2D eigenvalue weighted by molar-refractivity contribution is 5.85. The SMILES string of the molecule is Cc1c(C)c2c(c(C)c1OCCCCCCN(C(=O)O)C(C)(C)C)CC[C@@](C)(CCC[C@H](C)CCC[C@H](C)CCCC(C)C)O2.Cc1c(C)c2c(c(C)c1OCCCCCCN)CC[C@@](C)(CCC[C@H](C)CCC[C@H](C)CCCC(C)C)O2.Cl. The molecule has 0 saturated carbocycles. The average molecular weight is 1200 g/mol. The van der Waals surface area contributed by atoms with Gasteiger partial charge in [0, 0.05) is 23.2 Å². The molecule has 2 aromatic rings. The summed E-state index contributed by atoms with van der Waals surface area (Å²) in [5.74, 6) is 9.42. The van der Waals surface area contributed by atoms with E-state index in [4.69, 9.17) is 24.7 Å². The molecule has 1 amide bonds. The van der Waals surface area contributed by atoms with Crippen molar-refractivity contribution >= 4 is 18.5 Å². The number of hydrogen-bond donors (Lipinski definition) is 2. The Hall–Kier alpha value is -2.84. The molecule has 2 aromatic carbocycles. The maximum atomic E-state index is 11.6. The zero-order valence-electron chi connectivity index (χ0n) is 58.4. The highest BCUT2D eigenvalue weighted by atomic mass is 35.5. The summed E-state index contributed by atoms with van der Waals surface area (Å²) >= 11 is 0. The molecule has 2 aliphatic rings. The number of nitrogens with zero attached hydrogens (tertiary/aromatic N) is 1. The second kappa shape index (κ2) is 39.2. The first-order valence-corrected chi connectivity index (χ1v) is 34.7. The summed E-state index contributed by atoms with van der Waals surface area (Å²) in [4.78, 5) is 13.1. The highest BCUT2D eigenvalue weighted by Gasteiger charge is 2.36. The van der Waals surface area contributed by atoms with E-state index in [2.05, 4.69) is 111 Å². The van der Waals surface area contributed by atoms with Gasteiger partial charge in [0.1, 0.15) is 34.2 Å². The molecule has 6 atom stereocenters. The third kappa shape index (κ3) is 27.3. The van der Waals surface area contributed by atoms with Crippen LogP contribution < -0.4 is 24.7 Å². The van der Waals surface area contributed by atoms with Crippen molar-refractivity contribution in [3.63, 3.8) is 0 Å². The largest absolute Gasteiger partial charge is 0.493 e. The first kappa shape index (κ1) is 77.3. The van der Waals surface area contributed by atoms with Gasteiger partial charge in [-0.25, -0.2) is 4.79 Å². The van der Waals surface area contributed by atoms with Crippen molar-refractivity contribution in [2.75, 3.05) is 26.3 Å². The Kier molecular flexibility index (Phi) is 36.1. The lowest BCUT2D eigenvalue weighted by Gasteiger charge is -2.38. The van der Waals surface area contributed by atoms with Crippen molar-refractivity contribution in [1.29, 1.82) is 0 Å². The molecule has 0 radical (unpaired) electrons. The van der Waals surface area contributed by atoms with Crippen LogP contribution in [0.2, 0.25) is 0 Å². The summed E-state index contributed by atoms with van der Waals surface area (Å²) < 4.78 is 26.4. The molecular formula is C75H135ClN2O6. The fraction of sp³-hybridized carbons (Fsp3) is 0.827. The molecule has 2 heterocycles. The Labute approximate surface area is 525 Å². The van der Waals surface area contributed by atoms with E-state index >= 15 is 0 Å². The molecule has 0 unspecified atom stereocenters. The summed E-state index contributed by atoms with van der Waals surface area (Å²) in [5, 5.41) is 9.49. The zero-order chi connectivity index (χ0) is 61.9. The third-order valence-electron chi connectivity index (χ3n) is 19.6. The molecule has 8 nitrogen and oxygen atoms in total. The third-order valence-corrected chi connectivity index (χ3v) is 19.6. The van der Waals surface area contributed by atoms with Gasteiger partial charge in [0.15, 0.2) is 0 Å². The number of halogens is 1. The van der Waals surface area contributed by atoms with Crippen molar-refractivity contribution in [2.45, 2.75) is 341 Å². The van der Waals surface area contributed by atoms with Gasteiger partial charge >= 0.3 is 6.09 Å². The molecule has 9 heteroatoms. The molecule has 0 aromatic heterocycles. The summed E-state index contributed by atoms with van der Waals surface area (Å²) in [6.07, 6.45) is 36.0. The Balaban J connectivity index is 0.000000574. The minimum absolute atomic E-state index is 0. The summed E-state index contributed by atoms with van der Waals surface area (Å²) in [6, 6.07) is 0. The second-order valence-electron chi connectivity index (χ2n) is 29.8. The van der Waals surface area contributed by atoms with E-state index in [1.165, 1.54) is 165 Å². The lowest BCUT2D eigenvalue weighted by atomic mass is 9.83. The van der Waals surface area contributed by atoms with Gasteiger partial charge in [-0.2, -0.15) is 0 Å². The van der Waals surface area contributed by atoms with E-state index < -0.39 is 6.09 Å². The second-order valence-corrected chi connectivity index (χ2v) is 29.8. The van der Waals surface area contributed by atoms with Gasteiger partial charge in [0.2, 0.25) is 0 Å². The van der Waals surface area contributed by atoms with E-state index in [1.54, 1.807) is 0 Å². The minimum atomic E-state index is -0.836. The van der Waals surface area contributed by atoms with Crippen molar-refractivity contribution in [3.05, 3.63) is 44.5 Å². The van der Waals surface area contributed by atoms with Gasteiger partial charge in [-0.05, 0) is 229 Å². The number of benzene rings is 2. The van der Waals surface area contributed by atoms with E-state index in [-0.39, 0.29) is 29.1 Å². The Morgan fingerprint density at radius 3 is 1.17 bits per heavy atom. The van der Waals surface area contributed by atoms with Gasteiger partial charge in [0.25, 0.3) is 0 Å². The normalized spacial score (nSPS) is 18.1. The molecule has 84 heavy (non-hydrogen) atoms. The zero-order valence-corrected chi connectivity index (χ0v) is 59.2. The number of carbonyl (C=O) groups is 1. The van der Waals surface area contributed by atoms with Crippen LogP contribution in [0.5, 0.6) is 23.0 Å². The van der Waals surface area contributed by atoms with Crippen LogP contribution in [0.4, 0.5) is 4.79 Å². The van der Waals surface area contributed by atoms with E-state index in [9.17, 15) is 9.90 Å². The number of amides is 1. The number of fused-ring (bicyclic) bond motifs is 2. The number of ether oxygens (including phenoxy) is 4. The van der Waals surface area contributed by atoms with Gasteiger partial charge in [-0.15, -0.1) is 12.4 Å². The van der Waals surface area contributed by atoms with Crippen molar-refractivity contribution < 1.29 is 28.8 Å². The molecule has 3 N–H and O–H groups in total. The fourth-order valence-electron chi connectivity index (χ4n) is 13.3. The van der Waals surface area contributed by atoms with E-state index in [1.807, 2.05) is 20.8 Å². The van der Waals surface area contributed by atoms with Crippen molar-refractivity contribution in [1.82, 2.24) is 4.90 Å². The minimum Gasteiger partial charge on any atom is -0.493 e. The van der Waals surface area contributed by atoms with Crippen LogP contribution in [-0.2, 0) is 12.8 Å². The number of carboxylic acid groups (broad SMARTS) is 1. The number of nitrogens with two attached hydrogens (primary N) is 1. The molecule has 0 aliphatic carbocycles.